The van der Waals surface area contributed by atoms with E-state index in [4.69, 9.17) is 17.0 Å². The zero-order valence-corrected chi connectivity index (χ0v) is 12.6. The summed E-state index contributed by atoms with van der Waals surface area (Å²) in [6, 6.07) is 11.3. The molecule has 0 spiro atoms. The summed E-state index contributed by atoms with van der Waals surface area (Å²) in [6.45, 7) is 0. The minimum atomic E-state index is 0.404. The van der Waals surface area contributed by atoms with E-state index in [1.807, 2.05) is 36.4 Å². The van der Waals surface area contributed by atoms with Crippen LogP contribution in [0.5, 0.6) is 5.75 Å². The molecule has 2 aromatic heterocycles. The molecule has 6 nitrogen and oxygen atoms in total. The second-order valence-corrected chi connectivity index (χ2v) is 4.78. The molecule has 22 heavy (non-hydrogen) atoms. The van der Waals surface area contributed by atoms with Crippen molar-refractivity contribution in [3.05, 3.63) is 59.1 Å². The first-order valence-corrected chi connectivity index (χ1v) is 6.95. The first-order chi connectivity index (χ1) is 10.8. The molecule has 0 aliphatic carbocycles. The van der Waals surface area contributed by atoms with Gasteiger partial charge >= 0.3 is 0 Å². The van der Waals surface area contributed by atoms with Crippen LogP contribution in [0.4, 0.5) is 0 Å². The maximum Gasteiger partial charge on any atom is 0.216 e. The van der Waals surface area contributed by atoms with Crippen LogP contribution < -0.4 is 4.74 Å². The van der Waals surface area contributed by atoms with Crippen molar-refractivity contribution in [1.82, 2.24) is 19.9 Å². The van der Waals surface area contributed by atoms with Gasteiger partial charge in [-0.25, -0.2) is 5.10 Å². The third-order valence-corrected chi connectivity index (χ3v) is 3.27. The Bertz CT molecular complexity index is 854. The monoisotopic (exact) mass is 311 g/mol. The summed E-state index contributed by atoms with van der Waals surface area (Å²) in [6.07, 6.45) is 5.11. The molecule has 7 heteroatoms. The summed E-state index contributed by atoms with van der Waals surface area (Å²) in [7, 11) is 1.61. The Morgan fingerprint density at radius 2 is 2.14 bits per heavy atom. The standard InChI is InChI=1S/C15H13N5OS/c1-21-13-7-3-2-6-12(13)14-18-19-15(22)20(14)17-10-11-5-4-8-16-9-11/h2-10H,1H3,(H,19,22)/b17-10+. The topological polar surface area (TPSA) is 68.1 Å². The molecule has 0 radical (unpaired) electrons. The van der Waals surface area contributed by atoms with Crippen molar-refractivity contribution in [3.8, 4) is 17.1 Å². The lowest BCUT2D eigenvalue weighted by Crippen LogP contribution is -1.97. The van der Waals surface area contributed by atoms with Crippen LogP contribution in [0, 0.1) is 4.77 Å². The number of rotatable bonds is 4. The Morgan fingerprint density at radius 3 is 2.91 bits per heavy atom. The number of benzene rings is 1. The minimum Gasteiger partial charge on any atom is -0.496 e. The van der Waals surface area contributed by atoms with Crippen LogP contribution in [0.2, 0.25) is 0 Å². The predicted octanol–water partition coefficient (Wildman–Crippen LogP) is 2.89. The Morgan fingerprint density at radius 1 is 1.27 bits per heavy atom. The van der Waals surface area contributed by atoms with Gasteiger partial charge < -0.3 is 4.74 Å². The molecule has 0 bridgehead atoms. The first kappa shape index (κ1) is 14.2. The lowest BCUT2D eigenvalue weighted by molar-refractivity contribution is 0.416. The van der Waals surface area contributed by atoms with Crippen molar-refractivity contribution in [2.75, 3.05) is 7.11 Å². The highest BCUT2D eigenvalue weighted by atomic mass is 32.1. The maximum atomic E-state index is 5.36. The van der Waals surface area contributed by atoms with E-state index in [1.165, 1.54) is 0 Å². The van der Waals surface area contributed by atoms with E-state index >= 15 is 0 Å². The van der Waals surface area contributed by atoms with Crippen LogP contribution in [0.15, 0.2) is 53.9 Å². The van der Waals surface area contributed by atoms with Crippen molar-refractivity contribution in [1.29, 1.82) is 0 Å². The fourth-order valence-corrected chi connectivity index (χ4v) is 2.16. The molecule has 0 fully saturated rings. The van der Waals surface area contributed by atoms with Gasteiger partial charge in [0.2, 0.25) is 4.77 Å². The van der Waals surface area contributed by atoms with Crippen LogP contribution in [-0.4, -0.2) is 33.2 Å². The molecule has 3 rings (SSSR count). The van der Waals surface area contributed by atoms with Crippen LogP contribution in [0.25, 0.3) is 11.4 Å². The number of nitrogens with zero attached hydrogens (tertiary/aromatic N) is 4. The average molecular weight is 311 g/mol. The van der Waals surface area contributed by atoms with Gasteiger partial charge in [0.25, 0.3) is 0 Å². The van der Waals surface area contributed by atoms with Crippen LogP contribution in [-0.2, 0) is 0 Å². The molecule has 110 valence electrons. The fourth-order valence-electron chi connectivity index (χ4n) is 1.98. The highest BCUT2D eigenvalue weighted by molar-refractivity contribution is 7.71. The highest BCUT2D eigenvalue weighted by Crippen LogP contribution is 2.27. The predicted molar refractivity (Wildman–Crippen MR) is 86.6 cm³/mol. The molecular formula is C15H13N5OS. The summed E-state index contributed by atoms with van der Waals surface area (Å²) in [5.41, 5.74) is 1.68. The molecule has 0 saturated heterocycles. The number of H-pyrrole nitrogens is 1. The minimum absolute atomic E-state index is 0.404. The van der Waals surface area contributed by atoms with Gasteiger partial charge in [0, 0.05) is 18.0 Å². The Hall–Kier alpha value is -2.80. The average Bonchev–Trinajstić information content (AvgIpc) is 2.94. The Labute approximate surface area is 132 Å². The van der Waals surface area contributed by atoms with Gasteiger partial charge in [0.1, 0.15) is 5.75 Å². The van der Waals surface area contributed by atoms with Crippen LogP contribution >= 0.6 is 12.2 Å². The van der Waals surface area contributed by atoms with Gasteiger partial charge in [0.15, 0.2) is 5.82 Å². The van der Waals surface area contributed by atoms with E-state index in [0.717, 1.165) is 11.1 Å². The number of pyridine rings is 1. The Balaban J connectivity index is 2.05. The molecular weight excluding hydrogens is 298 g/mol. The number of methoxy groups -OCH3 is 1. The Kier molecular flexibility index (Phi) is 4.06. The van der Waals surface area contributed by atoms with Gasteiger partial charge in [0.05, 0.1) is 18.9 Å². The molecule has 0 unspecified atom stereocenters. The van der Waals surface area contributed by atoms with Crippen molar-refractivity contribution in [3.63, 3.8) is 0 Å². The number of aromatic nitrogens is 4. The lowest BCUT2D eigenvalue weighted by atomic mass is 10.2. The quantitative estimate of drug-likeness (QED) is 0.594. The highest BCUT2D eigenvalue weighted by Gasteiger charge is 2.12. The maximum absolute atomic E-state index is 5.36. The molecule has 2 heterocycles. The number of nitrogens with one attached hydrogen (secondary N) is 1. The summed E-state index contributed by atoms with van der Waals surface area (Å²) < 4.78 is 7.32. The summed E-state index contributed by atoms with van der Waals surface area (Å²) in [5, 5.41) is 11.4. The van der Waals surface area contributed by atoms with E-state index in [9.17, 15) is 0 Å². The SMILES string of the molecule is COc1ccccc1-c1n[nH]c(=S)n1/N=C/c1cccnc1. The number of hydrogen-bond acceptors (Lipinski definition) is 5. The van der Waals surface area contributed by atoms with Gasteiger partial charge in [-0.3, -0.25) is 4.98 Å². The van der Waals surface area contributed by atoms with E-state index in [1.54, 1.807) is 30.4 Å². The molecule has 0 amide bonds. The molecule has 1 N–H and O–H groups in total. The summed E-state index contributed by atoms with van der Waals surface area (Å²) in [5.74, 6) is 1.29. The lowest BCUT2D eigenvalue weighted by Gasteiger charge is -2.06. The van der Waals surface area contributed by atoms with Crippen molar-refractivity contribution >= 4 is 18.4 Å². The molecule has 3 aromatic rings. The zero-order chi connectivity index (χ0) is 15.4. The summed E-state index contributed by atoms with van der Waals surface area (Å²) >= 11 is 5.24. The molecule has 0 saturated carbocycles. The van der Waals surface area contributed by atoms with Gasteiger partial charge in [-0.2, -0.15) is 14.9 Å². The van der Waals surface area contributed by atoms with E-state index in [0.29, 0.717) is 16.3 Å². The normalized spacial score (nSPS) is 11.0. The molecule has 0 atom stereocenters. The second-order valence-electron chi connectivity index (χ2n) is 4.40. The smallest absolute Gasteiger partial charge is 0.216 e. The molecule has 0 aliphatic heterocycles. The second kappa shape index (κ2) is 6.31. The fraction of sp³-hybridized carbons (Fsp3) is 0.0667. The van der Waals surface area contributed by atoms with Gasteiger partial charge in [-0.05, 0) is 30.4 Å². The first-order valence-electron chi connectivity index (χ1n) is 6.55. The summed E-state index contributed by atoms with van der Waals surface area (Å²) in [4.78, 5) is 4.05. The van der Waals surface area contributed by atoms with Crippen LogP contribution in [0.3, 0.4) is 0 Å². The third-order valence-electron chi connectivity index (χ3n) is 3.01. The zero-order valence-electron chi connectivity index (χ0n) is 11.8. The molecule has 0 aliphatic rings. The van der Waals surface area contributed by atoms with E-state index in [2.05, 4.69) is 20.3 Å². The number of aromatic amines is 1. The molecule has 1 aromatic carbocycles. The van der Waals surface area contributed by atoms with Gasteiger partial charge in [-0.15, -0.1) is 0 Å². The van der Waals surface area contributed by atoms with Crippen LogP contribution in [0.1, 0.15) is 5.56 Å². The largest absolute Gasteiger partial charge is 0.496 e. The van der Waals surface area contributed by atoms with Crippen molar-refractivity contribution in [2.45, 2.75) is 0 Å². The van der Waals surface area contributed by atoms with E-state index in [-0.39, 0.29) is 0 Å². The van der Waals surface area contributed by atoms with E-state index < -0.39 is 0 Å². The number of para-hydroxylation sites is 1. The van der Waals surface area contributed by atoms with Crippen molar-refractivity contribution in [2.24, 2.45) is 5.10 Å². The number of ether oxygens (including phenoxy) is 1. The third kappa shape index (κ3) is 2.79. The van der Waals surface area contributed by atoms with Crippen molar-refractivity contribution < 1.29 is 4.74 Å². The van der Waals surface area contributed by atoms with Gasteiger partial charge in [-0.1, -0.05) is 18.2 Å². The number of hydrogen-bond donors (Lipinski definition) is 1.